The molecule has 0 saturated heterocycles. The third kappa shape index (κ3) is 3.11. The van der Waals surface area contributed by atoms with Crippen LogP contribution in [0.3, 0.4) is 0 Å². The van der Waals surface area contributed by atoms with E-state index in [1.165, 1.54) is 6.26 Å². The fraction of sp³-hybridized carbons (Fsp3) is 0.667. The first-order chi connectivity index (χ1) is 6.40. The molecule has 0 aliphatic heterocycles. The molecule has 0 saturated carbocycles. The fourth-order valence-electron chi connectivity index (χ4n) is 1.03. The second-order valence-electron chi connectivity index (χ2n) is 3.02. The zero-order chi connectivity index (χ0) is 10.8. The standard InChI is InChI=1S/C6H12N4O2S2/c1-14(11,12)4-2-3-10-5(7)8-9-6(10)13/h2-4H2,1H3,(H2,7,8)(H,9,13). The first-order valence-electron chi connectivity index (χ1n) is 3.98. The van der Waals surface area contributed by atoms with E-state index in [-0.39, 0.29) is 11.7 Å². The van der Waals surface area contributed by atoms with Crippen molar-refractivity contribution in [2.45, 2.75) is 13.0 Å². The largest absolute Gasteiger partial charge is 0.368 e. The minimum atomic E-state index is -2.92. The highest BCUT2D eigenvalue weighted by Gasteiger charge is 2.04. The molecule has 14 heavy (non-hydrogen) atoms. The van der Waals surface area contributed by atoms with E-state index in [2.05, 4.69) is 10.2 Å². The summed E-state index contributed by atoms with van der Waals surface area (Å²) in [6.07, 6.45) is 1.68. The Kier molecular flexibility index (Phi) is 3.27. The number of aromatic amines is 1. The van der Waals surface area contributed by atoms with E-state index in [1.54, 1.807) is 4.57 Å². The number of rotatable bonds is 4. The van der Waals surface area contributed by atoms with Gasteiger partial charge in [0, 0.05) is 12.8 Å². The molecule has 8 heteroatoms. The Bertz CT molecular complexity index is 458. The van der Waals surface area contributed by atoms with Crippen LogP contribution in [0.1, 0.15) is 6.42 Å². The van der Waals surface area contributed by atoms with Crippen molar-refractivity contribution in [1.82, 2.24) is 14.8 Å². The Morgan fingerprint density at radius 2 is 2.29 bits per heavy atom. The molecule has 0 spiro atoms. The van der Waals surface area contributed by atoms with Crippen molar-refractivity contribution in [3.05, 3.63) is 4.77 Å². The van der Waals surface area contributed by atoms with Crippen molar-refractivity contribution in [1.29, 1.82) is 0 Å². The summed E-state index contributed by atoms with van der Waals surface area (Å²) in [5.41, 5.74) is 5.50. The van der Waals surface area contributed by atoms with Crippen LogP contribution in [0.5, 0.6) is 0 Å². The molecule has 1 aromatic heterocycles. The molecule has 3 N–H and O–H groups in total. The highest BCUT2D eigenvalue weighted by Crippen LogP contribution is 2.01. The summed E-state index contributed by atoms with van der Waals surface area (Å²) in [6, 6.07) is 0. The van der Waals surface area contributed by atoms with E-state index in [9.17, 15) is 8.42 Å². The van der Waals surface area contributed by atoms with Crippen LogP contribution in [-0.2, 0) is 16.4 Å². The molecule has 0 aliphatic carbocycles. The summed E-state index contributed by atoms with van der Waals surface area (Å²) < 4.78 is 23.7. The zero-order valence-corrected chi connectivity index (χ0v) is 9.36. The predicted octanol–water partition coefficient (Wildman–Crippen LogP) is -0.0424. The number of nitrogens with zero attached hydrogens (tertiary/aromatic N) is 2. The molecular weight excluding hydrogens is 224 g/mol. The van der Waals surface area contributed by atoms with Crippen molar-refractivity contribution in [2.75, 3.05) is 17.7 Å². The van der Waals surface area contributed by atoms with E-state index < -0.39 is 9.84 Å². The molecule has 0 fully saturated rings. The Morgan fingerprint density at radius 1 is 1.64 bits per heavy atom. The van der Waals surface area contributed by atoms with Gasteiger partial charge in [0.25, 0.3) is 0 Å². The molecular formula is C6H12N4O2S2. The zero-order valence-electron chi connectivity index (χ0n) is 7.73. The van der Waals surface area contributed by atoms with Gasteiger partial charge in [-0.1, -0.05) is 0 Å². The molecule has 1 heterocycles. The van der Waals surface area contributed by atoms with E-state index in [4.69, 9.17) is 18.0 Å². The maximum Gasteiger partial charge on any atom is 0.220 e. The van der Waals surface area contributed by atoms with Crippen LogP contribution < -0.4 is 5.73 Å². The fourth-order valence-corrected chi connectivity index (χ4v) is 1.91. The van der Waals surface area contributed by atoms with Crippen molar-refractivity contribution < 1.29 is 8.42 Å². The summed E-state index contributed by atoms with van der Waals surface area (Å²) >= 11 is 4.90. The normalized spacial score (nSPS) is 11.8. The van der Waals surface area contributed by atoms with Gasteiger partial charge in [0.2, 0.25) is 5.95 Å². The minimum Gasteiger partial charge on any atom is -0.368 e. The second-order valence-corrected chi connectivity index (χ2v) is 5.67. The number of H-pyrrole nitrogens is 1. The topological polar surface area (TPSA) is 93.8 Å². The Labute approximate surface area is 87.0 Å². The second kappa shape index (κ2) is 4.09. The molecule has 6 nitrogen and oxygen atoms in total. The van der Waals surface area contributed by atoms with E-state index in [1.807, 2.05) is 0 Å². The third-order valence-corrected chi connectivity index (χ3v) is 3.03. The van der Waals surface area contributed by atoms with E-state index in [0.29, 0.717) is 17.7 Å². The molecule has 0 aromatic carbocycles. The lowest BCUT2D eigenvalue weighted by molar-refractivity contribution is 0.592. The highest BCUT2D eigenvalue weighted by molar-refractivity contribution is 7.90. The number of hydrogen-bond donors (Lipinski definition) is 2. The monoisotopic (exact) mass is 236 g/mol. The van der Waals surface area contributed by atoms with Crippen LogP contribution in [0.15, 0.2) is 0 Å². The molecule has 80 valence electrons. The lowest BCUT2D eigenvalue weighted by Gasteiger charge is -2.02. The first kappa shape index (κ1) is 11.2. The molecule has 1 aromatic rings. The van der Waals surface area contributed by atoms with Crippen molar-refractivity contribution in [2.24, 2.45) is 0 Å². The maximum absolute atomic E-state index is 10.8. The number of hydrogen-bond acceptors (Lipinski definition) is 5. The van der Waals surface area contributed by atoms with Crippen LogP contribution >= 0.6 is 12.2 Å². The van der Waals surface area contributed by atoms with Crippen molar-refractivity contribution >= 4 is 28.0 Å². The van der Waals surface area contributed by atoms with Crippen LogP contribution in [-0.4, -0.2) is 35.2 Å². The highest BCUT2D eigenvalue weighted by atomic mass is 32.2. The Balaban J connectivity index is 2.59. The van der Waals surface area contributed by atoms with Gasteiger partial charge in [-0.2, -0.15) is 0 Å². The molecule has 0 bridgehead atoms. The van der Waals surface area contributed by atoms with Gasteiger partial charge in [-0.25, -0.2) is 13.5 Å². The average Bonchev–Trinajstić information content (AvgIpc) is 2.33. The molecule has 0 aliphatic rings. The van der Waals surface area contributed by atoms with E-state index >= 15 is 0 Å². The third-order valence-electron chi connectivity index (χ3n) is 1.68. The summed E-state index contributed by atoms with van der Waals surface area (Å²) in [6.45, 7) is 0.467. The average molecular weight is 236 g/mol. The number of anilines is 1. The summed E-state index contributed by atoms with van der Waals surface area (Å²) in [7, 11) is -2.92. The molecule has 0 unspecified atom stereocenters. The summed E-state index contributed by atoms with van der Waals surface area (Å²) in [5, 5.41) is 6.23. The molecule has 0 amide bonds. The lowest BCUT2D eigenvalue weighted by atomic mass is 10.5. The Hall–Kier alpha value is -0.890. The molecule has 0 radical (unpaired) electrons. The lowest BCUT2D eigenvalue weighted by Crippen LogP contribution is -2.09. The predicted molar refractivity (Wildman–Crippen MR) is 56.2 cm³/mol. The van der Waals surface area contributed by atoms with Gasteiger partial charge in [0.1, 0.15) is 9.84 Å². The summed E-state index contributed by atoms with van der Waals surface area (Å²) in [5.74, 6) is 0.405. The van der Waals surface area contributed by atoms with Crippen LogP contribution in [0.4, 0.5) is 5.95 Å². The van der Waals surface area contributed by atoms with Crippen LogP contribution in [0, 0.1) is 4.77 Å². The first-order valence-corrected chi connectivity index (χ1v) is 6.45. The number of nitrogens with one attached hydrogen (secondary N) is 1. The van der Waals surface area contributed by atoms with Crippen molar-refractivity contribution in [3.8, 4) is 0 Å². The molecule has 0 atom stereocenters. The minimum absolute atomic E-state index is 0.124. The van der Waals surface area contributed by atoms with Gasteiger partial charge in [-0.15, -0.1) is 5.10 Å². The number of sulfone groups is 1. The maximum atomic E-state index is 10.8. The number of aromatic nitrogens is 3. The quantitative estimate of drug-likeness (QED) is 0.715. The van der Waals surface area contributed by atoms with Gasteiger partial charge < -0.3 is 5.73 Å². The molecule has 1 rings (SSSR count). The van der Waals surface area contributed by atoms with Gasteiger partial charge in [0.15, 0.2) is 4.77 Å². The number of nitrogen functional groups attached to an aromatic ring is 1. The van der Waals surface area contributed by atoms with Gasteiger partial charge >= 0.3 is 0 Å². The van der Waals surface area contributed by atoms with E-state index in [0.717, 1.165) is 0 Å². The Morgan fingerprint density at radius 3 is 2.71 bits per heavy atom. The smallest absolute Gasteiger partial charge is 0.220 e. The van der Waals surface area contributed by atoms with Gasteiger partial charge in [-0.05, 0) is 18.6 Å². The van der Waals surface area contributed by atoms with Crippen molar-refractivity contribution in [3.63, 3.8) is 0 Å². The van der Waals surface area contributed by atoms with Gasteiger partial charge in [0.05, 0.1) is 5.75 Å². The van der Waals surface area contributed by atoms with Crippen LogP contribution in [0.2, 0.25) is 0 Å². The van der Waals surface area contributed by atoms with Gasteiger partial charge in [-0.3, -0.25) is 4.57 Å². The summed E-state index contributed by atoms with van der Waals surface area (Å²) in [4.78, 5) is 0. The SMILES string of the molecule is CS(=O)(=O)CCCn1c(N)n[nH]c1=S. The van der Waals surface area contributed by atoms with Crippen LogP contribution in [0.25, 0.3) is 0 Å². The number of nitrogens with two attached hydrogens (primary N) is 1.